The topological polar surface area (TPSA) is 38.3 Å². The van der Waals surface area contributed by atoms with Gasteiger partial charge in [-0.15, -0.1) is 11.3 Å². The van der Waals surface area contributed by atoms with E-state index in [1.54, 1.807) is 7.11 Å². The Hall–Kier alpha value is -0.100. The summed E-state index contributed by atoms with van der Waals surface area (Å²) in [6, 6.07) is 0.00495. The largest absolute Gasteiger partial charge is 0.383 e. The predicted octanol–water partition coefficient (Wildman–Crippen LogP) is 3.24. The predicted molar refractivity (Wildman–Crippen MR) is 75.6 cm³/mol. The van der Waals surface area contributed by atoms with Crippen LogP contribution in [0.5, 0.6) is 0 Å². The van der Waals surface area contributed by atoms with Crippen LogP contribution in [0.2, 0.25) is 5.02 Å². The van der Waals surface area contributed by atoms with Gasteiger partial charge in [-0.1, -0.05) is 27.5 Å². The summed E-state index contributed by atoms with van der Waals surface area (Å²) in [5.74, 6) is -0.129. The highest BCUT2D eigenvalue weighted by Gasteiger charge is 2.18. The minimum absolute atomic E-state index is 0.00495. The number of rotatable bonds is 6. The molecule has 0 bridgehead atoms. The second kappa shape index (κ2) is 7.36. The van der Waals surface area contributed by atoms with Gasteiger partial charge in [0.25, 0.3) is 5.91 Å². The fraction of sp³-hybridized carbons (Fsp3) is 0.545. The summed E-state index contributed by atoms with van der Waals surface area (Å²) < 4.78 is 5.06. The highest BCUT2D eigenvalue weighted by molar-refractivity contribution is 9.09. The average molecular weight is 341 g/mol. The summed E-state index contributed by atoms with van der Waals surface area (Å²) in [5.41, 5.74) is 0.936. The Bertz CT molecular complexity index is 378. The Labute approximate surface area is 119 Å². The van der Waals surface area contributed by atoms with Crippen molar-refractivity contribution >= 4 is 44.8 Å². The fourth-order valence-corrected chi connectivity index (χ4v) is 3.10. The second-order valence-electron chi connectivity index (χ2n) is 3.67. The lowest BCUT2D eigenvalue weighted by atomic mass is 10.2. The van der Waals surface area contributed by atoms with Crippen molar-refractivity contribution in [2.45, 2.75) is 19.4 Å². The zero-order valence-electron chi connectivity index (χ0n) is 9.76. The maximum atomic E-state index is 12.0. The van der Waals surface area contributed by atoms with Gasteiger partial charge in [0.2, 0.25) is 0 Å². The molecule has 0 spiro atoms. The summed E-state index contributed by atoms with van der Waals surface area (Å²) in [4.78, 5) is 12.6. The zero-order valence-corrected chi connectivity index (χ0v) is 12.9. The Morgan fingerprint density at radius 1 is 1.71 bits per heavy atom. The molecule has 0 aliphatic carbocycles. The van der Waals surface area contributed by atoms with Crippen LogP contribution in [0.3, 0.4) is 0 Å². The molecule has 0 saturated carbocycles. The number of thiophene rings is 1. The number of hydrogen-bond acceptors (Lipinski definition) is 3. The van der Waals surface area contributed by atoms with Crippen molar-refractivity contribution in [3.05, 3.63) is 20.8 Å². The molecule has 0 aliphatic rings. The van der Waals surface area contributed by atoms with Crippen molar-refractivity contribution in [2.24, 2.45) is 0 Å². The minimum Gasteiger partial charge on any atom is -0.383 e. The lowest BCUT2D eigenvalue weighted by Crippen LogP contribution is -2.38. The quantitative estimate of drug-likeness (QED) is 0.807. The van der Waals surface area contributed by atoms with Crippen molar-refractivity contribution in [1.82, 2.24) is 5.32 Å². The van der Waals surface area contributed by atoms with E-state index in [2.05, 4.69) is 21.2 Å². The Morgan fingerprint density at radius 2 is 2.41 bits per heavy atom. The van der Waals surface area contributed by atoms with Crippen molar-refractivity contribution < 1.29 is 9.53 Å². The zero-order chi connectivity index (χ0) is 12.8. The maximum absolute atomic E-state index is 12.0. The first kappa shape index (κ1) is 15.0. The molecule has 6 heteroatoms. The molecule has 1 atom stereocenters. The lowest BCUT2D eigenvalue weighted by Gasteiger charge is -2.16. The molecule has 3 nitrogen and oxygen atoms in total. The Balaban J connectivity index is 2.66. The van der Waals surface area contributed by atoms with Crippen LogP contribution in [-0.4, -0.2) is 31.0 Å². The summed E-state index contributed by atoms with van der Waals surface area (Å²) >= 11 is 10.8. The first-order valence-corrected chi connectivity index (χ1v) is 7.57. The Morgan fingerprint density at radius 3 is 2.88 bits per heavy atom. The standard InChI is InChI=1S/C11H15BrClNO2S/c1-7-6-17-10(9(7)13)11(15)14-8(3-4-12)5-16-2/h6,8H,3-5H2,1-2H3,(H,14,15). The minimum atomic E-state index is -0.129. The molecular weight excluding hydrogens is 326 g/mol. The first-order valence-electron chi connectivity index (χ1n) is 5.19. The van der Waals surface area contributed by atoms with Crippen LogP contribution in [0.4, 0.5) is 0 Å². The van der Waals surface area contributed by atoms with Crippen molar-refractivity contribution in [2.75, 3.05) is 19.0 Å². The van der Waals surface area contributed by atoms with Crippen LogP contribution in [0.1, 0.15) is 21.7 Å². The van der Waals surface area contributed by atoms with Crippen LogP contribution in [0.15, 0.2) is 5.38 Å². The number of methoxy groups -OCH3 is 1. The highest BCUT2D eigenvalue weighted by Crippen LogP contribution is 2.27. The SMILES string of the molecule is COCC(CCBr)NC(=O)c1scc(C)c1Cl. The van der Waals surface area contributed by atoms with Gasteiger partial charge in [0.1, 0.15) is 4.88 Å². The number of alkyl halides is 1. The van der Waals surface area contributed by atoms with Crippen LogP contribution >= 0.6 is 38.9 Å². The molecule has 1 aromatic rings. The number of aryl methyl sites for hydroxylation is 1. The summed E-state index contributed by atoms with van der Waals surface area (Å²) in [6.45, 7) is 2.39. The van der Waals surface area contributed by atoms with Gasteiger partial charge in [-0.2, -0.15) is 0 Å². The third-order valence-electron chi connectivity index (χ3n) is 2.27. The number of nitrogens with one attached hydrogen (secondary N) is 1. The number of amides is 1. The van der Waals surface area contributed by atoms with E-state index in [0.29, 0.717) is 16.5 Å². The number of halogens is 2. The van der Waals surface area contributed by atoms with Crippen LogP contribution in [0, 0.1) is 6.92 Å². The van der Waals surface area contributed by atoms with Crippen LogP contribution < -0.4 is 5.32 Å². The third kappa shape index (κ3) is 4.25. The van der Waals surface area contributed by atoms with Gasteiger partial charge in [-0.05, 0) is 24.3 Å². The molecule has 17 heavy (non-hydrogen) atoms. The van der Waals surface area contributed by atoms with Crippen LogP contribution in [0.25, 0.3) is 0 Å². The van der Waals surface area contributed by atoms with Gasteiger partial charge in [0.05, 0.1) is 17.7 Å². The van der Waals surface area contributed by atoms with Crippen molar-refractivity contribution in [3.8, 4) is 0 Å². The molecular formula is C11H15BrClNO2S. The number of carbonyl (C=O) groups excluding carboxylic acids is 1. The first-order chi connectivity index (χ1) is 8.10. The molecule has 0 radical (unpaired) electrons. The van der Waals surface area contributed by atoms with E-state index in [0.717, 1.165) is 17.3 Å². The van der Waals surface area contributed by atoms with Gasteiger partial charge >= 0.3 is 0 Å². The Kier molecular flexibility index (Phi) is 6.48. The van der Waals surface area contributed by atoms with E-state index in [1.165, 1.54) is 11.3 Å². The monoisotopic (exact) mass is 339 g/mol. The van der Waals surface area contributed by atoms with Gasteiger partial charge in [0, 0.05) is 12.4 Å². The molecule has 1 N–H and O–H groups in total. The average Bonchev–Trinajstić information content (AvgIpc) is 2.60. The van der Waals surface area contributed by atoms with E-state index in [4.69, 9.17) is 16.3 Å². The molecule has 1 rings (SSSR count). The van der Waals surface area contributed by atoms with Gasteiger partial charge in [0.15, 0.2) is 0 Å². The van der Waals surface area contributed by atoms with E-state index in [9.17, 15) is 4.79 Å². The van der Waals surface area contributed by atoms with Gasteiger partial charge in [-0.25, -0.2) is 0 Å². The van der Waals surface area contributed by atoms with E-state index in [-0.39, 0.29) is 11.9 Å². The highest BCUT2D eigenvalue weighted by atomic mass is 79.9. The van der Waals surface area contributed by atoms with E-state index >= 15 is 0 Å². The molecule has 0 saturated heterocycles. The molecule has 1 heterocycles. The normalized spacial score (nSPS) is 12.5. The second-order valence-corrected chi connectivity index (χ2v) is 5.72. The van der Waals surface area contributed by atoms with Crippen molar-refractivity contribution in [1.29, 1.82) is 0 Å². The summed E-state index contributed by atoms with van der Waals surface area (Å²) in [6.07, 6.45) is 0.821. The molecule has 1 unspecified atom stereocenters. The fourth-order valence-electron chi connectivity index (χ4n) is 1.36. The molecule has 0 aromatic carbocycles. The molecule has 0 aliphatic heterocycles. The summed E-state index contributed by atoms with van der Waals surface area (Å²) in [5, 5.41) is 6.17. The number of carbonyl (C=O) groups is 1. The third-order valence-corrected chi connectivity index (χ3v) is 4.42. The van der Waals surface area contributed by atoms with Gasteiger partial charge in [-0.3, -0.25) is 4.79 Å². The number of ether oxygens (including phenoxy) is 1. The molecule has 96 valence electrons. The molecule has 1 aromatic heterocycles. The smallest absolute Gasteiger partial charge is 0.263 e. The van der Waals surface area contributed by atoms with E-state index in [1.807, 2.05) is 12.3 Å². The maximum Gasteiger partial charge on any atom is 0.263 e. The molecule has 0 fully saturated rings. The number of hydrogen-bond donors (Lipinski definition) is 1. The van der Waals surface area contributed by atoms with Crippen LogP contribution in [-0.2, 0) is 4.74 Å². The van der Waals surface area contributed by atoms with Gasteiger partial charge < -0.3 is 10.1 Å². The molecule has 1 amide bonds. The van der Waals surface area contributed by atoms with E-state index < -0.39 is 0 Å². The summed E-state index contributed by atoms with van der Waals surface area (Å²) in [7, 11) is 1.62. The lowest BCUT2D eigenvalue weighted by molar-refractivity contribution is 0.0899. The van der Waals surface area contributed by atoms with Crippen molar-refractivity contribution in [3.63, 3.8) is 0 Å².